The lowest BCUT2D eigenvalue weighted by atomic mass is 10.2. The van der Waals surface area contributed by atoms with Crippen molar-refractivity contribution in [1.29, 1.82) is 0 Å². The number of amides is 1. The number of nitrogens with zero attached hydrogens (tertiary/aromatic N) is 6. The van der Waals surface area contributed by atoms with Gasteiger partial charge >= 0.3 is 0 Å². The zero-order chi connectivity index (χ0) is 18.4. The fourth-order valence-corrected chi connectivity index (χ4v) is 2.71. The van der Waals surface area contributed by atoms with Gasteiger partial charge in [-0.1, -0.05) is 6.07 Å². The molecule has 0 unspecified atom stereocenters. The molecule has 0 saturated heterocycles. The Hall–Kier alpha value is -3.03. The first-order chi connectivity index (χ1) is 12.7. The molecule has 0 atom stereocenters. The zero-order valence-electron chi connectivity index (χ0n) is 15.1. The molecular weight excluding hydrogens is 330 g/mol. The molecule has 0 bridgehead atoms. The minimum absolute atomic E-state index is 0.0366. The molecule has 0 spiro atoms. The number of hydrogen-bond donors (Lipinski definition) is 1. The first-order valence-electron chi connectivity index (χ1n) is 8.83. The van der Waals surface area contributed by atoms with E-state index in [0.717, 1.165) is 24.5 Å². The van der Waals surface area contributed by atoms with Crippen LogP contribution in [0.4, 0.5) is 5.82 Å². The van der Waals surface area contributed by atoms with E-state index in [9.17, 15) is 4.79 Å². The van der Waals surface area contributed by atoms with Crippen molar-refractivity contribution in [1.82, 2.24) is 30.1 Å². The third-order valence-electron chi connectivity index (χ3n) is 4.19. The molecule has 0 radical (unpaired) electrons. The second kappa shape index (κ2) is 8.37. The fourth-order valence-electron chi connectivity index (χ4n) is 2.71. The van der Waals surface area contributed by atoms with Crippen molar-refractivity contribution in [3.8, 4) is 0 Å². The van der Waals surface area contributed by atoms with Gasteiger partial charge in [0.1, 0.15) is 5.82 Å². The number of hydrogen-bond acceptors (Lipinski definition) is 6. The van der Waals surface area contributed by atoms with Gasteiger partial charge in [-0.15, -0.1) is 15.3 Å². The van der Waals surface area contributed by atoms with Crippen molar-refractivity contribution in [2.24, 2.45) is 0 Å². The van der Waals surface area contributed by atoms with Crippen LogP contribution in [0.2, 0.25) is 0 Å². The van der Waals surface area contributed by atoms with Gasteiger partial charge in [-0.3, -0.25) is 9.78 Å². The highest BCUT2D eigenvalue weighted by atomic mass is 16.1. The van der Waals surface area contributed by atoms with Crippen LogP contribution in [-0.2, 0) is 17.8 Å². The number of carbonyl (C=O) groups is 1. The first-order valence-corrected chi connectivity index (χ1v) is 8.83. The lowest BCUT2D eigenvalue weighted by Crippen LogP contribution is -2.24. The first kappa shape index (κ1) is 17.8. The van der Waals surface area contributed by atoms with Gasteiger partial charge in [-0.05, 0) is 37.6 Å². The van der Waals surface area contributed by atoms with Gasteiger partial charge in [0.2, 0.25) is 5.91 Å². The van der Waals surface area contributed by atoms with Crippen LogP contribution in [0.1, 0.15) is 31.7 Å². The maximum atomic E-state index is 12.1. The van der Waals surface area contributed by atoms with Crippen LogP contribution in [0.15, 0.2) is 36.7 Å². The minimum atomic E-state index is -0.0366. The molecule has 1 N–H and O–H groups in total. The highest BCUT2D eigenvalue weighted by Crippen LogP contribution is 2.12. The van der Waals surface area contributed by atoms with Crippen LogP contribution >= 0.6 is 0 Å². The van der Waals surface area contributed by atoms with Gasteiger partial charge in [-0.2, -0.15) is 4.52 Å². The molecular formula is C18H23N7O. The van der Waals surface area contributed by atoms with Crippen LogP contribution in [0, 0.1) is 0 Å². The number of rotatable bonds is 8. The maximum Gasteiger partial charge on any atom is 0.220 e. The van der Waals surface area contributed by atoms with Crippen molar-refractivity contribution in [2.45, 2.75) is 33.2 Å². The van der Waals surface area contributed by atoms with Crippen LogP contribution in [0.5, 0.6) is 0 Å². The lowest BCUT2D eigenvalue weighted by molar-refractivity contribution is -0.121. The van der Waals surface area contributed by atoms with Crippen molar-refractivity contribution in [2.75, 3.05) is 18.0 Å². The number of aryl methyl sites for hydroxylation is 1. The highest BCUT2D eigenvalue weighted by Gasteiger charge is 2.12. The van der Waals surface area contributed by atoms with Crippen LogP contribution in [-0.4, -0.2) is 43.8 Å². The summed E-state index contributed by atoms with van der Waals surface area (Å²) in [6.07, 6.45) is 4.26. The van der Waals surface area contributed by atoms with E-state index in [1.165, 1.54) is 0 Å². The second-order valence-electron chi connectivity index (χ2n) is 5.89. The molecule has 3 heterocycles. The quantitative estimate of drug-likeness (QED) is 0.662. The van der Waals surface area contributed by atoms with Gasteiger partial charge in [0.05, 0.1) is 0 Å². The number of carbonyl (C=O) groups excluding carboxylic acids is 1. The van der Waals surface area contributed by atoms with Crippen LogP contribution in [0.3, 0.4) is 0 Å². The molecule has 136 valence electrons. The third-order valence-corrected chi connectivity index (χ3v) is 4.19. The SMILES string of the molecule is CCN(CC)c1ccc2nnc(CCC(=O)NCc3cccnc3)n2n1. The normalized spacial score (nSPS) is 10.8. The summed E-state index contributed by atoms with van der Waals surface area (Å²) in [7, 11) is 0. The topological polar surface area (TPSA) is 88.3 Å². The van der Waals surface area contributed by atoms with Crippen molar-refractivity contribution >= 4 is 17.4 Å². The molecule has 8 nitrogen and oxygen atoms in total. The number of fused-ring (bicyclic) bond motifs is 1. The molecule has 0 aliphatic rings. The lowest BCUT2D eigenvalue weighted by Gasteiger charge is -2.19. The van der Waals surface area contributed by atoms with Crippen LogP contribution in [0.25, 0.3) is 5.65 Å². The average molecular weight is 353 g/mol. The van der Waals surface area contributed by atoms with E-state index in [-0.39, 0.29) is 5.91 Å². The molecule has 0 fully saturated rings. The van der Waals surface area contributed by atoms with E-state index in [2.05, 4.69) is 44.3 Å². The Kier molecular flexibility index (Phi) is 5.73. The van der Waals surface area contributed by atoms with E-state index in [1.807, 2.05) is 24.3 Å². The third kappa shape index (κ3) is 4.14. The van der Waals surface area contributed by atoms with Crippen molar-refractivity contribution in [3.05, 3.63) is 48.0 Å². The van der Waals surface area contributed by atoms with E-state index in [4.69, 9.17) is 0 Å². The van der Waals surface area contributed by atoms with E-state index < -0.39 is 0 Å². The molecule has 0 aliphatic carbocycles. The molecule has 3 rings (SSSR count). The summed E-state index contributed by atoms with van der Waals surface area (Å²) in [5.41, 5.74) is 1.66. The Bertz CT molecular complexity index is 858. The standard InChI is InChI=1S/C18H23N7O/c1-3-24(4-2)17-8-7-15-21-22-16(25(15)23-17)9-10-18(26)20-13-14-6-5-11-19-12-14/h5-8,11-12H,3-4,9-10,13H2,1-2H3,(H,20,26). The van der Waals surface area contributed by atoms with E-state index >= 15 is 0 Å². The summed E-state index contributed by atoms with van der Waals surface area (Å²) >= 11 is 0. The molecule has 0 aromatic carbocycles. The fraction of sp³-hybridized carbons (Fsp3) is 0.389. The summed E-state index contributed by atoms with van der Waals surface area (Å²) in [5, 5.41) is 15.8. The van der Waals surface area contributed by atoms with Gasteiger partial charge in [0.15, 0.2) is 11.5 Å². The number of anilines is 1. The van der Waals surface area contributed by atoms with Crippen molar-refractivity contribution in [3.63, 3.8) is 0 Å². The summed E-state index contributed by atoms with van der Waals surface area (Å²) in [6, 6.07) is 7.63. The average Bonchev–Trinajstić information content (AvgIpc) is 3.09. The second-order valence-corrected chi connectivity index (χ2v) is 5.89. The summed E-state index contributed by atoms with van der Waals surface area (Å²) < 4.78 is 1.72. The predicted octanol–water partition coefficient (Wildman–Crippen LogP) is 1.61. The molecule has 26 heavy (non-hydrogen) atoms. The molecule has 3 aromatic heterocycles. The number of pyridine rings is 1. The monoisotopic (exact) mass is 353 g/mol. The Labute approximate surface area is 152 Å². The molecule has 3 aromatic rings. The Balaban J connectivity index is 1.63. The zero-order valence-corrected chi connectivity index (χ0v) is 15.1. The smallest absolute Gasteiger partial charge is 0.220 e. The van der Waals surface area contributed by atoms with Gasteiger partial charge in [0.25, 0.3) is 0 Å². The van der Waals surface area contributed by atoms with Gasteiger partial charge in [-0.25, -0.2) is 0 Å². The largest absolute Gasteiger partial charge is 0.356 e. The Morgan fingerprint density at radius 3 is 2.77 bits per heavy atom. The Morgan fingerprint density at radius 1 is 1.19 bits per heavy atom. The molecule has 0 aliphatic heterocycles. The van der Waals surface area contributed by atoms with Gasteiger partial charge < -0.3 is 10.2 Å². The molecule has 8 heteroatoms. The Morgan fingerprint density at radius 2 is 2.04 bits per heavy atom. The summed E-state index contributed by atoms with van der Waals surface area (Å²) in [6.45, 7) is 6.41. The predicted molar refractivity (Wildman–Crippen MR) is 98.7 cm³/mol. The van der Waals surface area contributed by atoms with Gasteiger partial charge in [0, 0.05) is 44.9 Å². The number of aromatic nitrogens is 5. The molecule has 0 saturated carbocycles. The number of nitrogens with one attached hydrogen (secondary N) is 1. The summed E-state index contributed by atoms with van der Waals surface area (Å²) in [4.78, 5) is 18.3. The highest BCUT2D eigenvalue weighted by molar-refractivity contribution is 5.76. The molecule has 1 amide bonds. The maximum absolute atomic E-state index is 12.1. The van der Waals surface area contributed by atoms with Crippen molar-refractivity contribution < 1.29 is 4.79 Å². The van der Waals surface area contributed by atoms with Crippen LogP contribution < -0.4 is 10.2 Å². The summed E-state index contributed by atoms with van der Waals surface area (Å²) in [5.74, 6) is 1.53. The minimum Gasteiger partial charge on any atom is -0.356 e. The van der Waals surface area contributed by atoms with E-state index in [1.54, 1.807) is 16.9 Å². The van der Waals surface area contributed by atoms with E-state index in [0.29, 0.717) is 30.9 Å².